The number of hydrogen-bond acceptors (Lipinski definition) is 3. The summed E-state index contributed by atoms with van der Waals surface area (Å²) in [6.07, 6.45) is 7.73. The molecule has 0 aliphatic carbocycles. The van der Waals surface area contributed by atoms with Gasteiger partial charge in [-0.25, -0.2) is 4.79 Å². The second kappa shape index (κ2) is 7.28. The summed E-state index contributed by atoms with van der Waals surface area (Å²) in [5.41, 5.74) is 1.09. The third-order valence-corrected chi connectivity index (χ3v) is 3.79. The molecule has 1 aliphatic rings. The number of ether oxygens (including phenoxy) is 1. The van der Waals surface area contributed by atoms with E-state index >= 15 is 0 Å². The molecule has 1 saturated heterocycles. The van der Waals surface area contributed by atoms with Crippen LogP contribution in [0.4, 0.5) is 4.79 Å². The van der Waals surface area contributed by atoms with Crippen LogP contribution >= 0.6 is 0 Å². The molecule has 1 aromatic rings. The molecule has 0 spiro atoms. The predicted octanol–water partition coefficient (Wildman–Crippen LogP) is 2.07. The molecule has 2 rings (SSSR count). The highest BCUT2D eigenvalue weighted by molar-refractivity contribution is 5.75. The van der Waals surface area contributed by atoms with E-state index in [1.807, 2.05) is 24.2 Å². The molecule has 112 valence electrons. The number of nitrogens with one attached hydrogen (secondary N) is 2. The van der Waals surface area contributed by atoms with Gasteiger partial charge in [-0.1, -0.05) is 0 Å². The zero-order valence-electron chi connectivity index (χ0n) is 12.3. The molecular weight excluding hydrogens is 256 g/mol. The number of carbonyl (C=O) groups excluding carboxylic acids is 1. The minimum atomic E-state index is 0.0134. The maximum Gasteiger partial charge on any atom is 0.318 e. The average Bonchev–Trinajstić information content (AvgIpc) is 2.99. The van der Waals surface area contributed by atoms with E-state index in [4.69, 9.17) is 4.74 Å². The zero-order chi connectivity index (χ0) is 14.4. The summed E-state index contributed by atoms with van der Waals surface area (Å²) in [4.78, 5) is 14.3. The molecule has 2 heterocycles. The van der Waals surface area contributed by atoms with Gasteiger partial charge in [-0.05, 0) is 32.6 Å². The fraction of sp³-hybridized carbons (Fsp3) is 0.714. The van der Waals surface area contributed by atoms with E-state index < -0.39 is 0 Å². The van der Waals surface area contributed by atoms with Gasteiger partial charge in [0.15, 0.2) is 0 Å². The number of methoxy groups -OCH3 is 1. The first-order chi connectivity index (χ1) is 9.72. The summed E-state index contributed by atoms with van der Waals surface area (Å²) in [6.45, 7) is 3.47. The molecule has 1 fully saturated rings. The van der Waals surface area contributed by atoms with Crippen molar-refractivity contribution in [2.24, 2.45) is 0 Å². The monoisotopic (exact) mass is 280 g/mol. The van der Waals surface area contributed by atoms with Crippen LogP contribution in [-0.2, 0) is 4.74 Å². The van der Waals surface area contributed by atoms with Crippen LogP contribution in [0.1, 0.15) is 44.2 Å². The highest BCUT2D eigenvalue weighted by Crippen LogP contribution is 2.30. The Labute approximate surface area is 119 Å². The van der Waals surface area contributed by atoms with Crippen LogP contribution in [-0.4, -0.2) is 47.4 Å². The summed E-state index contributed by atoms with van der Waals surface area (Å²) < 4.78 is 5.04. The minimum absolute atomic E-state index is 0.0134. The Morgan fingerprint density at radius 3 is 3.20 bits per heavy atom. The van der Waals surface area contributed by atoms with E-state index in [1.54, 1.807) is 7.11 Å². The molecule has 1 aliphatic heterocycles. The van der Waals surface area contributed by atoms with Crippen LogP contribution in [0.25, 0.3) is 0 Å². The Morgan fingerprint density at radius 1 is 1.65 bits per heavy atom. The summed E-state index contributed by atoms with van der Waals surface area (Å²) >= 11 is 0. The lowest BCUT2D eigenvalue weighted by Crippen LogP contribution is -2.47. The largest absolute Gasteiger partial charge is 0.385 e. The lowest BCUT2D eigenvalue weighted by Gasteiger charge is -2.36. The molecule has 2 N–H and O–H groups in total. The molecule has 6 nitrogen and oxygen atoms in total. The lowest BCUT2D eigenvalue weighted by molar-refractivity contribution is 0.144. The first-order valence-electron chi connectivity index (χ1n) is 7.27. The molecule has 20 heavy (non-hydrogen) atoms. The standard InChI is InChI=1S/C14H24N4O2/c1-11(6-8-20-2)17-14(19)18-7-4-3-5-13(18)12-9-15-16-10-12/h9-11,13H,3-8H2,1-2H3,(H,15,16)(H,17,19). The Hall–Kier alpha value is -1.56. The molecule has 6 heteroatoms. The second-order valence-corrected chi connectivity index (χ2v) is 5.37. The number of amides is 2. The van der Waals surface area contributed by atoms with Crippen molar-refractivity contribution in [3.63, 3.8) is 0 Å². The van der Waals surface area contributed by atoms with Crippen molar-refractivity contribution in [1.29, 1.82) is 0 Å². The summed E-state index contributed by atoms with van der Waals surface area (Å²) in [7, 11) is 1.67. The molecule has 1 aromatic heterocycles. The fourth-order valence-electron chi connectivity index (χ4n) is 2.62. The molecule has 0 bridgehead atoms. The second-order valence-electron chi connectivity index (χ2n) is 5.37. The summed E-state index contributed by atoms with van der Waals surface area (Å²) in [5, 5.41) is 9.88. The van der Waals surface area contributed by atoms with E-state index in [1.165, 1.54) is 0 Å². The van der Waals surface area contributed by atoms with Crippen molar-refractivity contribution in [1.82, 2.24) is 20.4 Å². The molecule has 0 radical (unpaired) electrons. The maximum atomic E-state index is 12.4. The first kappa shape index (κ1) is 14.8. The minimum Gasteiger partial charge on any atom is -0.385 e. The van der Waals surface area contributed by atoms with Gasteiger partial charge in [0.2, 0.25) is 0 Å². The number of piperidine rings is 1. The third-order valence-electron chi connectivity index (χ3n) is 3.79. The van der Waals surface area contributed by atoms with Gasteiger partial charge in [0.1, 0.15) is 0 Å². The topological polar surface area (TPSA) is 70.2 Å². The maximum absolute atomic E-state index is 12.4. The number of rotatable bonds is 5. The molecular formula is C14H24N4O2. The van der Waals surface area contributed by atoms with Gasteiger partial charge in [-0.3, -0.25) is 5.10 Å². The number of likely N-dealkylation sites (tertiary alicyclic amines) is 1. The smallest absolute Gasteiger partial charge is 0.318 e. The van der Waals surface area contributed by atoms with Crippen molar-refractivity contribution in [2.45, 2.75) is 44.7 Å². The Balaban J connectivity index is 1.95. The fourth-order valence-corrected chi connectivity index (χ4v) is 2.62. The van der Waals surface area contributed by atoms with Crippen LogP contribution < -0.4 is 5.32 Å². The molecule has 2 unspecified atom stereocenters. The van der Waals surface area contributed by atoms with Crippen LogP contribution in [0.3, 0.4) is 0 Å². The van der Waals surface area contributed by atoms with Crippen molar-refractivity contribution < 1.29 is 9.53 Å². The normalized spacial score (nSPS) is 20.7. The van der Waals surface area contributed by atoms with Gasteiger partial charge >= 0.3 is 6.03 Å². The van der Waals surface area contributed by atoms with Crippen molar-refractivity contribution in [3.05, 3.63) is 18.0 Å². The van der Waals surface area contributed by atoms with Gasteiger partial charge in [-0.2, -0.15) is 5.10 Å². The van der Waals surface area contributed by atoms with E-state index in [0.29, 0.717) is 6.61 Å². The van der Waals surface area contributed by atoms with Crippen LogP contribution in [0.2, 0.25) is 0 Å². The first-order valence-corrected chi connectivity index (χ1v) is 7.27. The Bertz CT molecular complexity index is 407. The van der Waals surface area contributed by atoms with E-state index in [-0.39, 0.29) is 18.1 Å². The summed E-state index contributed by atoms with van der Waals surface area (Å²) in [6, 6.07) is 0.269. The van der Waals surface area contributed by atoms with Gasteiger partial charge < -0.3 is 15.0 Å². The number of urea groups is 1. The summed E-state index contributed by atoms with van der Waals surface area (Å²) in [5.74, 6) is 0. The number of hydrogen-bond donors (Lipinski definition) is 2. The van der Waals surface area contributed by atoms with Gasteiger partial charge in [0.25, 0.3) is 0 Å². The van der Waals surface area contributed by atoms with E-state index in [9.17, 15) is 4.79 Å². The highest BCUT2D eigenvalue weighted by Gasteiger charge is 2.29. The zero-order valence-corrected chi connectivity index (χ0v) is 12.3. The predicted molar refractivity (Wildman–Crippen MR) is 76.4 cm³/mol. The number of carbonyl (C=O) groups is 1. The van der Waals surface area contributed by atoms with Crippen molar-refractivity contribution in [2.75, 3.05) is 20.3 Å². The number of aromatic amines is 1. The van der Waals surface area contributed by atoms with E-state index in [2.05, 4.69) is 15.5 Å². The molecule has 0 aromatic carbocycles. The molecule has 0 saturated carbocycles. The van der Waals surface area contributed by atoms with Gasteiger partial charge in [0, 0.05) is 38.1 Å². The average molecular weight is 280 g/mol. The van der Waals surface area contributed by atoms with Crippen LogP contribution in [0, 0.1) is 0 Å². The highest BCUT2D eigenvalue weighted by atomic mass is 16.5. The molecule has 2 amide bonds. The molecule has 2 atom stereocenters. The van der Waals surface area contributed by atoms with E-state index in [0.717, 1.165) is 37.8 Å². The van der Waals surface area contributed by atoms with Gasteiger partial charge in [0.05, 0.1) is 12.2 Å². The van der Waals surface area contributed by atoms with Crippen LogP contribution in [0.15, 0.2) is 12.4 Å². The number of H-pyrrole nitrogens is 1. The van der Waals surface area contributed by atoms with Gasteiger partial charge in [-0.15, -0.1) is 0 Å². The Morgan fingerprint density at radius 2 is 2.50 bits per heavy atom. The Kier molecular flexibility index (Phi) is 5.40. The SMILES string of the molecule is COCCC(C)NC(=O)N1CCCCC1c1cn[nH]c1. The lowest BCUT2D eigenvalue weighted by atomic mass is 9.98. The number of nitrogens with zero attached hydrogens (tertiary/aromatic N) is 2. The van der Waals surface area contributed by atoms with Crippen molar-refractivity contribution in [3.8, 4) is 0 Å². The van der Waals surface area contributed by atoms with Crippen LogP contribution in [0.5, 0.6) is 0 Å². The third kappa shape index (κ3) is 3.72. The number of aromatic nitrogens is 2. The van der Waals surface area contributed by atoms with Crippen molar-refractivity contribution >= 4 is 6.03 Å². The quantitative estimate of drug-likeness (QED) is 0.867.